The van der Waals surface area contributed by atoms with E-state index in [2.05, 4.69) is 60.5 Å². The number of carboxylic acids is 1. The Balaban J connectivity index is 0.00000224. The minimum Gasteiger partial charge on any atom is -0.480 e. The number of carbonyl (C=O) groups is 5. The summed E-state index contributed by atoms with van der Waals surface area (Å²) < 4.78 is 11.5. The van der Waals surface area contributed by atoms with Crippen molar-refractivity contribution in [2.24, 2.45) is 23.7 Å². The molecule has 1 saturated heterocycles. The molecule has 0 spiro atoms. The highest BCUT2D eigenvalue weighted by Crippen LogP contribution is 2.29. The molecule has 1 fully saturated rings. The Hall–Kier alpha value is -3.07. The van der Waals surface area contributed by atoms with Crippen molar-refractivity contribution in [2.45, 2.75) is 118 Å². The number of likely N-dealkylation sites (N-methyl/N-ethyl adjacent to an activating group) is 2. The van der Waals surface area contributed by atoms with Crippen LogP contribution in [0.25, 0.3) is 0 Å². The van der Waals surface area contributed by atoms with Gasteiger partial charge in [0.05, 0.1) is 49.2 Å². The van der Waals surface area contributed by atoms with Crippen molar-refractivity contribution in [1.29, 1.82) is 0 Å². The number of methoxy groups -OCH3 is 2. The van der Waals surface area contributed by atoms with E-state index in [-0.39, 0.29) is 48.6 Å². The number of likely N-dealkylation sites (tertiary alicyclic amines) is 1. The second-order valence-corrected chi connectivity index (χ2v) is 15.3. The normalized spacial score (nSPS) is 17.4. The Labute approximate surface area is 316 Å². The maximum atomic E-state index is 13.7. The van der Waals surface area contributed by atoms with Crippen molar-refractivity contribution < 1.29 is 38.6 Å². The third kappa shape index (κ3) is 17.2. The van der Waals surface area contributed by atoms with Crippen LogP contribution in [0.4, 0.5) is 0 Å². The number of thiophene rings is 1. The molecule has 4 N–H and O–H groups in total. The van der Waals surface area contributed by atoms with Crippen molar-refractivity contribution in [1.82, 2.24) is 25.8 Å². The molecule has 52 heavy (non-hydrogen) atoms. The van der Waals surface area contributed by atoms with Gasteiger partial charge in [-0.1, -0.05) is 61.8 Å². The molecule has 1 aliphatic rings. The maximum absolute atomic E-state index is 13.7. The maximum Gasteiger partial charge on any atom is 0.322 e. The summed E-state index contributed by atoms with van der Waals surface area (Å²) in [5.41, 5.74) is 1.36. The van der Waals surface area contributed by atoms with E-state index >= 15 is 0 Å². The second-order valence-electron chi connectivity index (χ2n) is 14.5. The Kier molecular flexibility index (Phi) is 24.3. The molecule has 13 nitrogen and oxygen atoms in total. The van der Waals surface area contributed by atoms with Gasteiger partial charge in [0.1, 0.15) is 6.54 Å². The molecule has 14 heteroatoms. The number of rotatable bonds is 18. The van der Waals surface area contributed by atoms with Gasteiger partial charge in [-0.05, 0) is 67.0 Å². The average molecular weight is 756 g/mol. The fourth-order valence-corrected chi connectivity index (χ4v) is 6.81. The van der Waals surface area contributed by atoms with Crippen LogP contribution in [0.2, 0.25) is 0 Å². The van der Waals surface area contributed by atoms with Gasteiger partial charge >= 0.3 is 5.97 Å². The number of aliphatic carboxylic acids is 1. The Bertz CT molecular complexity index is 1200. The van der Waals surface area contributed by atoms with Gasteiger partial charge in [0, 0.05) is 27.8 Å². The zero-order chi connectivity index (χ0) is 40.1. The van der Waals surface area contributed by atoms with Crippen molar-refractivity contribution >= 4 is 40.9 Å². The fourth-order valence-electron chi connectivity index (χ4n) is 6.15. The van der Waals surface area contributed by atoms with Crippen LogP contribution in [0.5, 0.6) is 0 Å². The number of amides is 4. The first-order chi connectivity index (χ1) is 24.4. The van der Waals surface area contributed by atoms with Gasteiger partial charge in [0.15, 0.2) is 0 Å². The zero-order valence-corrected chi connectivity index (χ0v) is 34.8. The molecule has 300 valence electrons. The molecule has 2 heterocycles. The minimum absolute atomic E-state index is 0.00725. The molecule has 0 aromatic carbocycles. The summed E-state index contributed by atoms with van der Waals surface area (Å²) in [5.74, 6) is -2.14. The standard InChI is InChI=1S/C29H53N5O8.C5H6S.C4H10/c1-10-18(4)26(33(7)23(36)15-31-29(40)25(30-6)17(2)3)21(41-8)14-22(35)34-13-11-12-20(34)27(42-9)19(5)28(39)32-16-24(37)38;1-5-2-3-6-4-5;1-4(2)3/h17-21,25-27,30H,10-16H2,1-9H3,(H,31,40)(H,32,39)(H,37,38);2-4H,1H3;4H,1-3H3. The van der Waals surface area contributed by atoms with E-state index in [1.165, 1.54) is 19.8 Å². The van der Waals surface area contributed by atoms with E-state index in [0.29, 0.717) is 13.0 Å². The molecular weight excluding hydrogens is 687 g/mol. The number of aryl methyl sites for hydroxylation is 1. The number of carbonyl (C=O) groups excluding carboxylic acids is 4. The molecule has 4 amide bonds. The quantitative estimate of drug-likeness (QED) is 0.172. The average Bonchev–Trinajstić information content (AvgIpc) is 3.77. The van der Waals surface area contributed by atoms with Crippen molar-refractivity contribution in [3.05, 3.63) is 22.4 Å². The summed E-state index contributed by atoms with van der Waals surface area (Å²) in [6.07, 6.45) is 0.868. The summed E-state index contributed by atoms with van der Waals surface area (Å²) in [4.78, 5) is 66.2. The summed E-state index contributed by atoms with van der Waals surface area (Å²) in [7, 11) is 6.35. The van der Waals surface area contributed by atoms with E-state index in [4.69, 9.17) is 14.6 Å². The third-order valence-electron chi connectivity index (χ3n) is 9.06. The van der Waals surface area contributed by atoms with E-state index in [9.17, 15) is 24.0 Å². The summed E-state index contributed by atoms with van der Waals surface area (Å²) in [6.45, 7) is 17.9. The third-order valence-corrected chi connectivity index (χ3v) is 9.86. The smallest absolute Gasteiger partial charge is 0.322 e. The van der Waals surface area contributed by atoms with Gasteiger partial charge in [-0.15, -0.1) is 0 Å². The van der Waals surface area contributed by atoms with E-state index in [1.807, 2.05) is 27.7 Å². The summed E-state index contributed by atoms with van der Waals surface area (Å²) >= 11 is 1.74. The van der Waals surface area contributed by atoms with Crippen LogP contribution in [0.1, 0.15) is 86.6 Å². The van der Waals surface area contributed by atoms with Crippen molar-refractivity contribution in [3.63, 3.8) is 0 Å². The Morgan fingerprint density at radius 1 is 1.00 bits per heavy atom. The van der Waals surface area contributed by atoms with Crippen LogP contribution in [-0.2, 0) is 33.4 Å². The molecule has 0 bridgehead atoms. The second kappa shape index (κ2) is 25.8. The van der Waals surface area contributed by atoms with Crippen LogP contribution < -0.4 is 16.0 Å². The first kappa shape index (κ1) is 48.9. The molecule has 0 aliphatic carbocycles. The predicted molar refractivity (Wildman–Crippen MR) is 207 cm³/mol. The molecular formula is C38H69N5O8S. The zero-order valence-electron chi connectivity index (χ0n) is 34.0. The molecule has 1 aliphatic heterocycles. The highest BCUT2D eigenvalue weighted by molar-refractivity contribution is 7.07. The predicted octanol–water partition coefficient (Wildman–Crippen LogP) is 4.19. The first-order valence-electron chi connectivity index (χ1n) is 18.4. The fraction of sp³-hybridized carbons (Fsp3) is 0.763. The lowest BCUT2D eigenvalue weighted by molar-refractivity contribution is -0.146. The number of hydrogen-bond donors (Lipinski definition) is 4. The van der Waals surface area contributed by atoms with Crippen LogP contribution >= 0.6 is 11.3 Å². The van der Waals surface area contributed by atoms with Crippen molar-refractivity contribution in [2.75, 3.05) is 47.9 Å². The lowest BCUT2D eigenvalue weighted by Gasteiger charge is -2.39. The summed E-state index contributed by atoms with van der Waals surface area (Å²) in [6, 6.07) is 0.875. The van der Waals surface area contributed by atoms with Gasteiger partial charge in [0.2, 0.25) is 23.6 Å². The van der Waals surface area contributed by atoms with E-state index < -0.39 is 48.6 Å². The molecule has 0 saturated carbocycles. The molecule has 7 atom stereocenters. The van der Waals surface area contributed by atoms with Crippen LogP contribution in [-0.4, -0.2) is 123 Å². The number of nitrogens with zero attached hydrogens (tertiary/aromatic N) is 2. The topological polar surface area (TPSA) is 167 Å². The lowest BCUT2D eigenvalue weighted by Crippen LogP contribution is -2.55. The number of nitrogens with one attached hydrogen (secondary N) is 3. The minimum atomic E-state index is -1.15. The van der Waals surface area contributed by atoms with Crippen LogP contribution in [0.3, 0.4) is 0 Å². The van der Waals surface area contributed by atoms with E-state index in [0.717, 1.165) is 18.8 Å². The number of ether oxygens (including phenoxy) is 2. The van der Waals surface area contributed by atoms with Gasteiger partial charge in [-0.25, -0.2) is 0 Å². The van der Waals surface area contributed by atoms with E-state index in [1.54, 1.807) is 42.2 Å². The highest BCUT2D eigenvalue weighted by Gasteiger charge is 2.42. The Morgan fingerprint density at radius 2 is 1.60 bits per heavy atom. The van der Waals surface area contributed by atoms with Crippen LogP contribution in [0.15, 0.2) is 16.8 Å². The number of hydrogen-bond acceptors (Lipinski definition) is 9. The molecule has 1 aromatic heterocycles. The van der Waals surface area contributed by atoms with Gasteiger partial charge < -0.3 is 40.3 Å². The molecule has 1 aromatic rings. The largest absolute Gasteiger partial charge is 0.480 e. The monoisotopic (exact) mass is 755 g/mol. The first-order valence-corrected chi connectivity index (χ1v) is 19.4. The molecule has 2 rings (SSSR count). The van der Waals surface area contributed by atoms with Crippen molar-refractivity contribution in [3.8, 4) is 0 Å². The Morgan fingerprint density at radius 3 is 2.02 bits per heavy atom. The van der Waals surface area contributed by atoms with Gasteiger partial charge in [0.25, 0.3) is 0 Å². The molecule has 7 unspecified atom stereocenters. The van der Waals surface area contributed by atoms with Crippen LogP contribution in [0, 0.1) is 30.6 Å². The van der Waals surface area contributed by atoms with Gasteiger partial charge in [-0.2, -0.15) is 11.3 Å². The van der Waals surface area contributed by atoms with Gasteiger partial charge in [-0.3, -0.25) is 24.0 Å². The lowest BCUT2D eigenvalue weighted by atomic mass is 9.90. The summed E-state index contributed by atoms with van der Waals surface area (Å²) in [5, 5.41) is 21.2. The number of carboxylic acid groups (broad SMARTS) is 1. The SMILES string of the molecule is CC(C)C.CCC(C)C(C(CC(=O)N1CCCC1C(OC)C(C)C(=O)NCC(=O)O)OC)N(C)C(=O)CNC(=O)C(NC)C(C)C.Cc1ccsc1. The highest BCUT2D eigenvalue weighted by atomic mass is 32.1. The molecule has 0 radical (unpaired) electrons.